The van der Waals surface area contributed by atoms with E-state index in [1.165, 1.54) is 10.4 Å². The summed E-state index contributed by atoms with van der Waals surface area (Å²) < 4.78 is 0. The molecule has 0 N–H and O–H groups in total. The van der Waals surface area contributed by atoms with E-state index in [0.717, 1.165) is 5.02 Å². The van der Waals surface area contributed by atoms with Crippen LogP contribution < -0.4 is 10.4 Å². The summed E-state index contributed by atoms with van der Waals surface area (Å²) in [5.41, 5.74) is 0.714. The minimum atomic E-state index is -1.24. The molecule has 0 spiro atoms. The van der Waals surface area contributed by atoms with E-state index in [0.29, 0.717) is 5.50 Å². The Hall–Kier alpha value is -0.763. The zero-order valence-electron chi connectivity index (χ0n) is 8.74. The minimum absolute atomic E-state index is 0.714. The molecule has 0 bridgehead atoms. The SMILES string of the molecule is ClC[SiH](c1ccccc1)c1ccc(Cl)cc1. The van der Waals surface area contributed by atoms with Crippen LogP contribution in [0.1, 0.15) is 0 Å². The lowest BCUT2D eigenvalue weighted by Crippen LogP contribution is -2.44. The lowest BCUT2D eigenvalue weighted by molar-refractivity contribution is 1.71. The number of benzene rings is 2. The molecule has 0 amide bonds. The van der Waals surface area contributed by atoms with Crippen LogP contribution in [-0.4, -0.2) is 14.3 Å². The number of rotatable bonds is 3. The van der Waals surface area contributed by atoms with Gasteiger partial charge in [0.15, 0.2) is 0 Å². The highest BCUT2D eigenvalue weighted by atomic mass is 35.5. The number of hydrogen-bond donors (Lipinski definition) is 0. The topological polar surface area (TPSA) is 0 Å². The standard InChI is InChI=1S/C13H12Cl2Si/c14-10-16(12-4-2-1-3-5-12)13-8-6-11(15)7-9-13/h1-9,16H,10H2. The van der Waals surface area contributed by atoms with Crippen LogP contribution in [0.2, 0.25) is 5.02 Å². The molecule has 0 saturated heterocycles. The Morgan fingerprint density at radius 2 is 1.38 bits per heavy atom. The average Bonchev–Trinajstić information content (AvgIpc) is 2.34. The maximum atomic E-state index is 6.11. The summed E-state index contributed by atoms with van der Waals surface area (Å²) in [5.74, 6) is 0. The molecule has 0 aliphatic heterocycles. The van der Waals surface area contributed by atoms with Crippen molar-refractivity contribution in [2.75, 3.05) is 5.50 Å². The van der Waals surface area contributed by atoms with Crippen molar-refractivity contribution in [3.63, 3.8) is 0 Å². The van der Waals surface area contributed by atoms with Crippen LogP contribution in [0.3, 0.4) is 0 Å². The minimum Gasteiger partial charge on any atom is -0.130 e. The largest absolute Gasteiger partial charge is 0.130 e. The van der Waals surface area contributed by atoms with E-state index < -0.39 is 8.80 Å². The van der Waals surface area contributed by atoms with Crippen molar-refractivity contribution in [1.29, 1.82) is 0 Å². The molecule has 0 aliphatic carbocycles. The lowest BCUT2D eigenvalue weighted by atomic mass is 10.4. The molecule has 2 aromatic rings. The summed E-state index contributed by atoms with van der Waals surface area (Å²) in [5, 5.41) is 3.49. The summed E-state index contributed by atoms with van der Waals surface area (Å²) in [6.07, 6.45) is 0. The van der Waals surface area contributed by atoms with E-state index in [1.54, 1.807) is 0 Å². The molecular formula is C13H12Cl2Si. The van der Waals surface area contributed by atoms with Crippen LogP contribution in [0, 0.1) is 0 Å². The maximum absolute atomic E-state index is 6.11. The fourth-order valence-electron chi connectivity index (χ4n) is 1.75. The summed E-state index contributed by atoms with van der Waals surface area (Å²) in [6, 6.07) is 18.5. The summed E-state index contributed by atoms with van der Waals surface area (Å²) in [4.78, 5) is 0. The van der Waals surface area contributed by atoms with Crippen LogP contribution in [0.15, 0.2) is 54.6 Å². The van der Waals surface area contributed by atoms with Crippen LogP contribution in [0.5, 0.6) is 0 Å². The average molecular weight is 267 g/mol. The molecule has 0 fully saturated rings. The second kappa shape index (κ2) is 5.53. The predicted molar refractivity (Wildman–Crippen MR) is 75.0 cm³/mol. The first-order chi connectivity index (χ1) is 7.81. The van der Waals surface area contributed by atoms with Crippen molar-refractivity contribution in [2.24, 2.45) is 0 Å². The summed E-state index contributed by atoms with van der Waals surface area (Å²) in [7, 11) is -1.24. The second-order valence-electron chi connectivity index (χ2n) is 3.67. The predicted octanol–water partition coefficient (Wildman–Crippen LogP) is 2.46. The molecule has 0 heterocycles. The Balaban J connectivity index is 2.33. The highest BCUT2D eigenvalue weighted by Gasteiger charge is 2.14. The number of halogens is 2. The number of hydrogen-bond acceptors (Lipinski definition) is 0. The monoisotopic (exact) mass is 266 g/mol. The lowest BCUT2D eigenvalue weighted by Gasteiger charge is -2.13. The van der Waals surface area contributed by atoms with Gasteiger partial charge in [-0.25, -0.2) is 0 Å². The van der Waals surface area contributed by atoms with Gasteiger partial charge in [-0.2, -0.15) is 0 Å². The molecule has 82 valence electrons. The fourth-order valence-corrected chi connectivity index (χ4v) is 5.03. The molecule has 3 heteroatoms. The van der Waals surface area contributed by atoms with Crippen molar-refractivity contribution >= 4 is 42.4 Å². The smallest absolute Gasteiger partial charge is 0.117 e. The van der Waals surface area contributed by atoms with Gasteiger partial charge in [-0.15, -0.1) is 11.6 Å². The quantitative estimate of drug-likeness (QED) is 0.592. The van der Waals surface area contributed by atoms with E-state index in [2.05, 4.69) is 36.4 Å². The normalized spacial score (nSPS) is 12.4. The molecule has 1 atom stereocenters. The molecular weight excluding hydrogens is 255 g/mol. The third kappa shape index (κ3) is 2.67. The van der Waals surface area contributed by atoms with E-state index in [1.807, 2.05) is 18.2 Å². The van der Waals surface area contributed by atoms with Gasteiger partial charge in [-0.3, -0.25) is 0 Å². The molecule has 1 unspecified atom stereocenters. The molecule has 0 aliphatic rings. The summed E-state index contributed by atoms with van der Waals surface area (Å²) in [6.45, 7) is 0. The first-order valence-corrected chi connectivity index (χ1v) is 8.06. The van der Waals surface area contributed by atoms with Crippen LogP contribution in [-0.2, 0) is 0 Å². The van der Waals surface area contributed by atoms with Crippen molar-refractivity contribution < 1.29 is 0 Å². The molecule has 0 aromatic heterocycles. The highest BCUT2D eigenvalue weighted by molar-refractivity contribution is 6.89. The van der Waals surface area contributed by atoms with E-state index >= 15 is 0 Å². The van der Waals surface area contributed by atoms with E-state index in [4.69, 9.17) is 23.2 Å². The zero-order valence-corrected chi connectivity index (χ0v) is 11.4. The summed E-state index contributed by atoms with van der Waals surface area (Å²) >= 11 is 12.0. The van der Waals surface area contributed by atoms with Crippen LogP contribution in [0.25, 0.3) is 0 Å². The van der Waals surface area contributed by atoms with Gasteiger partial charge in [-0.1, -0.05) is 64.4 Å². The number of alkyl halides is 1. The van der Waals surface area contributed by atoms with Gasteiger partial charge in [-0.05, 0) is 12.1 Å². The van der Waals surface area contributed by atoms with E-state index in [-0.39, 0.29) is 0 Å². The van der Waals surface area contributed by atoms with Crippen molar-refractivity contribution in [3.05, 3.63) is 59.6 Å². The van der Waals surface area contributed by atoms with Crippen LogP contribution in [0.4, 0.5) is 0 Å². The molecule has 0 radical (unpaired) electrons. The highest BCUT2D eigenvalue weighted by Crippen LogP contribution is 2.05. The Kier molecular flexibility index (Phi) is 4.05. The molecule has 0 saturated carbocycles. The van der Waals surface area contributed by atoms with Crippen molar-refractivity contribution in [3.8, 4) is 0 Å². The van der Waals surface area contributed by atoms with Gasteiger partial charge in [0.05, 0.1) is 0 Å². The first kappa shape index (κ1) is 11.7. The Morgan fingerprint density at radius 1 is 0.812 bits per heavy atom. The van der Waals surface area contributed by atoms with E-state index in [9.17, 15) is 0 Å². The molecule has 2 aromatic carbocycles. The van der Waals surface area contributed by atoms with Crippen molar-refractivity contribution in [1.82, 2.24) is 0 Å². The Bertz CT molecular complexity index is 439. The Morgan fingerprint density at radius 3 is 1.94 bits per heavy atom. The van der Waals surface area contributed by atoms with Gasteiger partial charge in [0.2, 0.25) is 0 Å². The van der Waals surface area contributed by atoms with Gasteiger partial charge in [0.25, 0.3) is 0 Å². The van der Waals surface area contributed by atoms with Gasteiger partial charge in [0, 0.05) is 10.5 Å². The van der Waals surface area contributed by atoms with Gasteiger partial charge < -0.3 is 0 Å². The second-order valence-corrected chi connectivity index (χ2v) is 7.78. The van der Waals surface area contributed by atoms with Gasteiger partial charge >= 0.3 is 0 Å². The first-order valence-electron chi connectivity index (χ1n) is 5.17. The fraction of sp³-hybridized carbons (Fsp3) is 0.0769. The van der Waals surface area contributed by atoms with Gasteiger partial charge in [0.1, 0.15) is 8.80 Å². The van der Waals surface area contributed by atoms with Crippen LogP contribution >= 0.6 is 23.2 Å². The molecule has 0 nitrogen and oxygen atoms in total. The van der Waals surface area contributed by atoms with Crippen molar-refractivity contribution in [2.45, 2.75) is 0 Å². The molecule has 2 rings (SSSR count). The maximum Gasteiger partial charge on any atom is 0.117 e. The Labute approximate surface area is 107 Å². The molecule has 16 heavy (non-hydrogen) atoms. The zero-order chi connectivity index (χ0) is 11.4. The third-order valence-corrected chi connectivity index (χ3v) is 6.49. The third-order valence-electron chi connectivity index (χ3n) is 2.63.